The van der Waals surface area contributed by atoms with Crippen molar-refractivity contribution in [2.75, 3.05) is 18.1 Å². The van der Waals surface area contributed by atoms with E-state index >= 15 is 0 Å². The molecule has 0 saturated carbocycles. The summed E-state index contributed by atoms with van der Waals surface area (Å²) in [4.78, 5) is 27.5. The fourth-order valence-electron chi connectivity index (χ4n) is 4.74. The number of benzene rings is 2. The molecule has 2 aliphatic rings. The first-order chi connectivity index (χ1) is 17.0. The Morgan fingerprint density at radius 2 is 2.06 bits per heavy atom. The molecule has 0 bridgehead atoms. The minimum atomic E-state index is -0.206. The Morgan fingerprint density at radius 3 is 2.80 bits per heavy atom. The summed E-state index contributed by atoms with van der Waals surface area (Å²) in [6, 6.07) is 15.4. The molecule has 0 spiro atoms. The highest BCUT2D eigenvalue weighted by Crippen LogP contribution is 2.29. The summed E-state index contributed by atoms with van der Waals surface area (Å²) in [5.41, 5.74) is 4.13. The molecular weight excluding hydrogens is 460 g/mol. The average molecular weight is 489 g/mol. The maximum Gasteiger partial charge on any atom is 0.281 e. The molecule has 2 aromatic carbocycles. The number of amides is 2. The van der Waals surface area contributed by atoms with Gasteiger partial charge in [-0.2, -0.15) is 0 Å². The van der Waals surface area contributed by atoms with Crippen molar-refractivity contribution >= 4 is 51.8 Å². The monoisotopic (exact) mass is 488 g/mol. The smallest absolute Gasteiger partial charge is 0.281 e. The van der Waals surface area contributed by atoms with Crippen molar-refractivity contribution in [3.05, 3.63) is 71.6 Å². The average Bonchev–Trinajstić information content (AvgIpc) is 3.57. The molecule has 0 radical (unpaired) electrons. The van der Waals surface area contributed by atoms with Gasteiger partial charge in [-0.1, -0.05) is 43.3 Å². The molecule has 3 heterocycles. The van der Waals surface area contributed by atoms with Gasteiger partial charge in [0.15, 0.2) is 5.11 Å². The highest BCUT2D eigenvalue weighted by molar-refractivity contribution is 7.80. The van der Waals surface area contributed by atoms with E-state index in [1.165, 1.54) is 4.90 Å². The minimum Gasteiger partial charge on any atom is -0.376 e. The van der Waals surface area contributed by atoms with E-state index in [1.54, 1.807) is 0 Å². The summed E-state index contributed by atoms with van der Waals surface area (Å²) in [7, 11) is 0. The van der Waals surface area contributed by atoms with Crippen LogP contribution in [0.15, 0.2) is 60.4 Å². The number of nitrogens with one attached hydrogen (secondary N) is 2. The number of carbonyl (C=O) groups excluding carboxylic acids is 2. The zero-order valence-corrected chi connectivity index (χ0v) is 20.4. The third-order valence-electron chi connectivity index (χ3n) is 6.45. The topological polar surface area (TPSA) is 75.6 Å². The number of hydrogen-bond donors (Lipinski definition) is 2. The van der Waals surface area contributed by atoms with Crippen molar-refractivity contribution in [1.29, 1.82) is 0 Å². The molecule has 2 N–H and O–H groups in total. The quantitative estimate of drug-likeness (QED) is 0.391. The van der Waals surface area contributed by atoms with Crippen LogP contribution in [0.25, 0.3) is 17.0 Å². The maximum atomic E-state index is 13.2. The molecule has 0 aliphatic carbocycles. The molecule has 2 aliphatic heterocycles. The number of ether oxygens (including phenoxy) is 1. The number of aromatic nitrogens is 1. The Labute approximate surface area is 209 Å². The van der Waals surface area contributed by atoms with Gasteiger partial charge in [0.2, 0.25) is 5.91 Å². The molecule has 0 unspecified atom stereocenters. The summed E-state index contributed by atoms with van der Waals surface area (Å²) in [5, 5.41) is 7.40. The van der Waals surface area contributed by atoms with Crippen LogP contribution in [0.3, 0.4) is 0 Å². The molecule has 5 rings (SSSR count). The number of thiocarbonyl (C=S) groups is 1. The second kappa shape index (κ2) is 10.0. The molecule has 1 aromatic heterocycles. The van der Waals surface area contributed by atoms with Crippen molar-refractivity contribution in [3.63, 3.8) is 0 Å². The van der Waals surface area contributed by atoms with Crippen LogP contribution in [0.1, 0.15) is 30.9 Å². The van der Waals surface area contributed by atoms with E-state index in [0.29, 0.717) is 17.4 Å². The predicted molar refractivity (Wildman–Crippen MR) is 141 cm³/mol. The molecule has 8 heteroatoms. The lowest BCUT2D eigenvalue weighted by Gasteiger charge is -2.13. The Kier molecular flexibility index (Phi) is 6.66. The number of hydrogen-bond acceptors (Lipinski definition) is 4. The second-order valence-electron chi connectivity index (χ2n) is 8.78. The van der Waals surface area contributed by atoms with E-state index < -0.39 is 0 Å². The van der Waals surface area contributed by atoms with Gasteiger partial charge < -0.3 is 19.9 Å². The van der Waals surface area contributed by atoms with E-state index in [4.69, 9.17) is 17.0 Å². The van der Waals surface area contributed by atoms with Crippen molar-refractivity contribution in [3.8, 4) is 0 Å². The SMILES string of the molecule is CCc1cccc2c(/C=C3\NC(=S)N(c4ccccc4)C3=O)cn(CC(=O)NC[C@H]3CCCO3)c12. The Morgan fingerprint density at radius 1 is 1.23 bits per heavy atom. The van der Waals surface area contributed by atoms with Crippen molar-refractivity contribution < 1.29 is 14.3 Å². The van der Waals surface area contributed by atoms with Gasteiger partial charge in [-0.15, -0.1) is 0 Å². The highest BCUT2D eigenvalue weighted by Gasteiger charge is 2.32. The lowest BCUT2D eigenvalue weighted by atomic mass is 10.1. The Balaban J connectivity index is 1.44. The number of fused-ring (bicyclic) bond motifs is 1. The standard InChI is InChI=1S/C27H28N4O3S/c1-2-18-8-6-12-22-19(14-23-26(33)31(27(35)29-23)20-9-4-3-5-10-20)16-30(25(18)22)17-24(32)28-15-21-11-7-13-34-21/h3-6,8-10,12,14,16,21H,2,7,11,13,15,17H2,1H3,(H,28,32)(H,29,35)/b23-14-/t21-/m1/s1. The molecular formula is C27H28N4O3S. The molecule has 2 amide bonds. The third kappa shape index (κ3) is 4.72. The zero-order valence-electron chi connectivity index (χ0n) is 19.6. The van der Waals surface area contributed by atoms with Gasteiger partial charge in [0, 0.05) is 30.3 Å². The van der Waals surface area contributed by atoms with E-state index in [0.717, 1.165) is 53.6 Å². The normalized spacial score (nSPS) is 19.1. The van der Waals surface area contributed by atoms with E-state index in [9.17, 15) is 9.59 Å². The van der Waals surface area contributed by atoms with Gasteiger partial charge >= 0.3 is 0 Å². The van der Waals surface area contributed by atoms with E-state index in [2.05, 4.69) is 23.6 Å². The number of anilines is 1. The van der Waals surface area contributed by atoms with E-state index in [1.807, 2.05) is 59.3 Å². The molecule has 1 atom stereocenters. The van der Waals surface area contributed by atoms with Crippen LogP contribution in [0, 0.1) is 0 Å². The van der Waals surface area contributed by atoms with Crippen LogP contribution in [-0.4, -0.2) is 40.7 Å². The minimum absolute atomic E-state index is 0.0611. The van der Waals surface area contributed by atoms with Gasteiger partial charge in [-0.3, -0.25) is 14.5 Å². The van der Waals surface area contributed by atoms with Gasteiger partial charge in [0.25, 0.3) is 5.91 Å². The molecule has 3 aromatic rings. The summed E-state index contributed by atoms with van der Waals surface area (Å²) >= 11 is 5.45. The van der Waals surface area contributed by atoms with Crippen molar-refractivity contribution in [1.82, 2.24) is 15.2 Å². The molecule has 2 fully saturated rings. The van der Waals surface area contributed by atoms with Crippen LogP contribution in [0.5, 0.6) is 0 Å². The Hall–Kier alpha value is -3.49. The first-order valence-corrected chi connectivity index (χ1v) is 12.4. The first-order valence-electron chi connectivity index (χ1n) is 12.0. The fraction of sp³-hybridized carbons (Fsp3) is 0.296. The molecule has 35 heavy (non-hydrogen) atoms. The number of aryl methyl sites for hydroxylation is 1. The number of rotatable bonds is 7. The highest BCUT2D eigenvalue weighted by atomic mass is 32.1. The van der Waals surface area contributed by atoms with Crippen molar-refractivity contribution in [2.24, 2.45) is 0 Å². The van der Waals surface area contributed by atoms with Crippen LogP contribution in [0.4, 0.5) is 5.69 Å². The van der Waals surface area contributed by atoms with Gasteiger partial charge in [-0.25, -0.2) is 0 Å². The number of nitrogens with zero attached hydrogens (tertiary/aromatic N) is 2. The maximum absolute atomic E-state index is 13.2. The van der Waals surface area contributed by atoms with Gasteiger partial charge in [0.05, 0.1) is 17.3 Å². The van der Waals surface area contributed by atoms with Crippen LogP contribution >= 0.6 is 12.2 Å². The first kappa shape index (κ1) is 23.3. The Bertz CT molecular complexity index is 1310. The number of para-hydroxylation sites is 2. The lowest BCUT2D eigenvalue weighted by Crippen LogP contribution is -2.34. The fourth-order valence-corrected chi connectivity index (χ4v) is 5.03. The van der Waals surface area contributed by atoms with Crippen LogP contribution in [-0.2, 0) is 27.3 Å². The summed E-state index contributed by atoms with van der Waals surface area (Å²) in [5.74, 6) is -0.267. The molecule has 7 nitrogen and oxygen atoms in total. The van der Waals surface area contributed by atoms with Crippen LogP contribution < -0.4 is 15.5 Å². The number of carbonyl (C=O) groups is 2. The summed E-state index contributed by atoms with van der Waals surface area (Å²) < 4.78 is 7.59. The van der Waals surface area contributed by atoms with Gasteiger partial charge in [-0.05, 0) is 55.3 Å². The summed E-state index contributed by atoms with van der Waals surface area (Å²) in [6.07, 6.45) is 6.71. The van der Waals surface area contributed by atoms with Gasteiger partial charge in [0.1, 0.15) is 12.2 Å². The zero-order chi connectivity index (χ0) is 24.4. The van der Waals surface area contributed by atoms with Crippen molar-refractivity contribution in [2.45, 2.75) is 38.8 Å². The predicted octanol–water partition coefficient (Wildman–Crippen LogP) is 3.76. The summed E-state index contributed by atoms with van der Waals surface area (Å²) in [6.45, 7) is 3.58. The largest absolute Gasteiger partial charge is 0.376 e. The second-order valence-corrected chi connectivity index (χ2v) is 9.17. The third-order valence-corrected chi connectivity index (χ3v) is 6.74. The molecule has 2 saturated heterocycles. The lowest BCUT2D eigenvalue weighted by molar-refractivity contribution is -0.122. The van der Waals surface area contributed by atoms with E-state index in [-0.39, 0.29) is 24.5 Å². The van der Waals surface area contributed by atoms with Crippen LogP contribution in [0.2, 0.25) is 0 Å². The molecule has 180 valence electrons.